The molecule has 5 nitrogen and oxygen atoms in total. The molecule has 1 saturated carbocycles. The van der Waals surface area contributed by atoms with E-state index in [2.05, 4.69) is 21.0 Å². The SMILES string of the molecule is O=C1[C@@H](c2ccccc2)C(=O)[C@H]2[C@@H]1[C@@H](C(=O)c1ccc(Br)cc1)N1N=Cc3ccccc3[C@@H]21. The van der Waals surface area contributed by atoms with Gasteiger partial charge in [0.05, 0.1) is 24.1 Å². The van der Waals surface area contributed by atoms with Crippen molar-refractivity contribution in [3.63, 3.8) is 0 Å². The predicted octanol–water partition coefficient (Wildman–Crippen LogP) is 4.57. The summed E-state index contributed by atoms with van der Waals surface area (Å²) in [6.45, 7) is 0. The first kappa shape index (κ1) is 20.2. The molecule has 33 heavy (non-hydrogen) atoms. The van der Waals surface area contributed by atoms with E-state index < -0.39 is 29.8 Å². The highest BCUT2D eigenvalue weighted by molar-refractivity contribution is 9.10. The molecule has 0 spiro atoms. The number of hydrogen-bond donors (Lipinski definition) is 0. The molecule has 6 rings (SSSR count). The number of rotatable bonds is 3. The number of hydrazone groups is 1. The molecule has 0 N–H and O–H groups in total. The molecule has 2 aliphatic heterocycles. The van der Waals surface area contributed by atoms with Crippen LogP contribution in [0.3, 0.4) is 0 Å². The summed E-state index contributed by atoms with van der Waals surface area (Å²) in [6.07, 6.45) is 1.72. The summed E-state index contributed by atoms with van der Waals surface area (Å²) in [5.74, 6) is -2.70. The van der Waals surface area contributed by atoms with Crippen molar-refractivity contribution in [3.8, 4) is 0 Å². The van der Waals surface area contributed by atoms with Crippen molar-refractivity contribution < 1.29 is 14.4 Å². The number of benzene rings is 3. The molecule has 6 heteroatoms. The van der Waals surface area contributed by atoms with Crippen LogP contribution < -0.4 is 0 Å². The van der Waals surface area contributed by atoms with Gasteiger partial charge in [0.25, 0.3) is 0 Å². The van der Waals surface area contributed by atoms with Gasteiger partial charge in [-0.1, -0.05) is 82.7 Å². The average Bonchev–Trinajstić information content (AvgIpc) is 3.32. The van der Waals surface area contributed by atoms with E-state index in [0.717, 1.165) is 15.6 Å². The Morgan fingerprint density at radius 3 is 2.24 bits per heavy atom. The van der Waals surface area contributed by atoms with Gasteiger partial charge in [-0.2, -0.15) is 5.10 Å². The van der Waals surface area contributed by atoms with Gasteiger partial charge < -0.3 is 0 Å². The monoisotopic (exact) mass is 498 g/mol. The Kier molecular flexibility index (Phi) is 4.66. The molecule has 0 aromatic heterocycles. The van der Waals surface area contributed by atoms with Gasteiger partial charge in [0.2, 0.25) is 0 Å². The van der Waals surface area contributed by atoms with Gasteiger partial charge in [0.1, 0.15) is 12.0 Å². The number of ketones is 3. The molecule has 3 aliphatic rings. The summed E-state index contributed by atoms with van der Waals surface area (Å²) in [7, 11) is 0. The second-order valence-corrected chi connectivity index (χ2v) is 9.63. The highest BCUT2D eigenvalue weighted by atomic mass is 79.9. The van der Waals surface area contributed by atoms with Crippen molar-refractivity contribution in [2.75, 3.05) is 0 Å². The van der Waals surface area contributed by atoms with E-state index in [1.165, 1.54) is 0 Å². The lowest BCUT2D eigenvalue weighted by Gasteiger charge is -2.33. The van der Waals surface area contributed by atoms with E-state index in [0.29, 0.717) is 11.1 Å². The van der Waals surface area contributed by atoms with Crippen molar-refractivity contribution in [2.24, 2.45) is 16.9 Å². The Morgan fingerprint density at radius 1 is 0.818 bits per heavy atom. The average molecular weight is 499 g/mol. The normalized spacial score (nSPS) is 27.3. The molecule has 2 heterocycles. The second-order valence-electron chi connectivity index (χ2n) is 8.71. The van der Waals surface area contributed by atoms with Crippen LogP contribution in [0.4, 0.5) is 0 Å². The Labute approximate surface area is 199 Å². The first-order valence-corrected chi connectivity index (χ1v) is 11.7. The van der Waals surface area contributed by atoms with E-state index >= 15 is 0 Å². The Hall–Kier alpha value is -3.38. The molecule has 0 unspecified atom stereocenters. The topological polar surface area (TPSA) is 66.8 Å². The van der Waals surface area contributed by atoms with Crippen LogP contribution >= 0.6 is 15.9 Å². The Balaban J connectivity index is 1.50. The molecule has 1 aliphatic carbocycles. The fourth-order valence-electron chi connectivity index (χ4n) is 5.63. The number of Topliss-reactive ketones (excluding diaryl/α,β-unsaturated/α-hetero) is 3. The van der Waals surface area contributed by atoms with Crippen LogP contribution in [0.5, 0.6) is 0 Å². The molecule has 3 aromatic carbocycles. The highest BCUT2D eigenvalue weighted by Crippen LogP contribution is 2.55. The molecule has 5 atom stereocenters. The van der Waals surface area contributed by atoms with Gasteiger partial charge in [0, 0.05) is 10.0 Å². The Bertz CT molecular complexity index is 1320. The number of carbonyl (C=O) groups is 3. The molecule has 0 radical (unpaired) electrons. The molecule has 0 bridgehead atoms. The largest absolute Gasteiger partial charge is 0.298 e. The first-order valence-electron chi connectivity index (χ1n) is 10.9. The number of carbonyl (C=O) groups excluding carboxylic acids is 3. The third-order valence-electron chi connectivity index (χ3n) is 7.04. The van der Waals surface area contributed by atoms with Gasteiger partial charge in [0.15, 0.2) is 17.3 Å². The maximum atomic E-state index is 13.8. The van der Waals surface area contributed by atoms with Crippen LogP contribution in [0.1, 0.15) is 39.0 Å². The number of halogens is 1. The number of fused-ring (bicyclic) bond motifs is 5. The van der Waals surface area contributed by atoms with E-state index in [9.17, 15) is 14.4 Å². The number of nitrogens with zero attached hydrogens (tertiary/aromatic N) is 2. The van der Waals surface area contributed by atoms with Crippen LogP contribution in [0.25, 0.3) is 0 Å². The molecule has 162 valence electrons. The minimum Gasteiger partial charge on any atom is -0.298 e. The van der Waals surface area contributed by atoms with E-state index in [4.69, 9.17) is 0 Å². The van der Waals surface area contributed by atoms with E-state index in [-0.39, 0.29) is 17.3 Å². The quantitative estimate of drug-likeness (QED) is 0.391. The van der Waals surface area contributed by atoms with Gasteiger partial charge in [-0.05, 0) is 28.8 Å². The second kappa shape index (κ2) is 7.59. The third-order valence-corrected chi connectivity index (χ3v) is 7.57. The third kappa shape index (κ3) is 2.97. The van der Waals surface area contributed by atoms with Crippen molar-refractivity contribution in [3.05, 3.63) is 106 Å². The minimum atomic E-state index is -0.846. The smallest absolute Gasteiger partial charge is 0.187 e. The molecular weight excluding hydrogens is 480 g/mol. The fourth-order valence-corrected chi connectivity index (χ4v) is 5.90. The number of hydrogen-bond acceptors (Lipinski definition) is 5. The van der Waals surface area contributed by atoms with E-state index in [1.807, 2.05) is 54.6 Å². The molecule has 0 amide bonds. The molecule has 2 fully saturated rings. The Morgan fingerprint density at radius 2 is 1.48 bits per heavy atom. The fraction of sp³-hybridized carbons (Fsp3) is 0.185. The zero-order chi connectivity index (χ0) is 22.7. The lowest BCUT2D eigenvalue weighted by Crippen LogP contribution is -2.41. The van der Waals surface area contributed by atoms with Gasteiger partial charge in [-0.25, -0.2) is 0 Å². The molecule has 3 aromatic rings. The van der Waals surface area contributed by atoms with Crippen molar-refractivity contribution in [1.82, 2.24) is 5.01 Å². The lowest BCUT2D eigenvalue weighted by atomic mass is 9.83. The standard InChI is InChI=1S/C27H19BrN2O3/c28-18-12-10-16(11-13-18)25(31)24-22-21(23-19-9-5-4-8-17(19)14-29-30(23)24)26(32)20(27(22)33)15-6-2-1-3-7-15/h1-14,20-24H/t20-,21-,22+,23-,24-/m0/s1. The van der Waals surface area contributed by atoms with Crippen molar-refractivity contribution >= 4 is 39.5 Å². The molecular formula is C27H19BrN2O3. The van der Waals surface area contributed by atoms with Crippen molar-refractivity contribution in [2.45, 2.75) is 18.0 Å². The van der Waals surface area contributed by atoms with Crippen LogP contribution in [-0.4, -0.2) is 34.6 Å². The maximum absolute atomic E-state index is 13.8. The minimum absolute atomic E-state index is 0.121. The lowest BCUT2D eigenvalue weighted by molar-refractivity contribution is -0.126. The summed E-state index contributed by atoms with van der Waals surface area (Å²) < 4.78 is 0.863. The maximum Gasteiger partial charge on any atom is 0.187 e. The van der Waals surface area contributed by atoms with Gasteiger partial charge >= 0.3 is 0 Å². The first-order chi connectivity index (χ1) is 16.1. The van der Waals surface area contributed by atoms with E-state index in [1.54, 1.807) is 35.5 Å². The summed E-state index contributed by atoms with van der Waals surface area (Å²) in [6, 6.07) is 22.8. The predicted molar refractivity (Wildman–Crippen MR) is 127 cm³/mol. The van der Waals surface area contributed by atoms with Gasteiger partial charge in [-0.3, -0.25) is 19.4 Å². The summed E-state index contributed by atoms with van der Waals surface area (Å²) >= 11 is 3.40. The molecule has 1 saturated heterocycles. The summed E-state index contributed by atoms with van der Waals surface area (Å²) in [5, 5.41) is 6.31. The van der Waals surface area contributed by atoms with Gasteiger partial charge in [-0.15, -0.1) is 0 Å². The summed E-state index contributed by atoms with van der Waals surface area (Å²) in [5.41, 5.74) is 3.04. The van der Waals surface area contributed by atoms with Crippen LogP contribution in [0, 0.1) is 11.8 Å². The van der Waals surface area contributed by atoms with Crippen LogP contribution in [0.2, 0.25) is 0 Å². The van der Waals surface area contributed by atoms with Crippen LogP contribution in [-0.2, 0) is 9.59 Å². The van der Waals surface area contributed by atoms with Crippen LogP contribution in [0.15, 0.2) is 88.4 Å². The zero-order valence-electron chi connectivity index (χ0n) is 17.5. The zero-order valence-corrected chi connectivity index (χ0v) is 19.1. The highest BCUT2D eigenvalue weighted by Gasteiger charge is 2.65. The summed E-state index contributed by atoms with van der Waals surface area (Å²) in [4.78, 5) is 41.4. The van der Waals surface area contributed by atoms with Crippen molar-refractivity contribution in [1.29, 1.82) is 0 Å².